The third-order valence-corrected chi connectivity index (χ3v) is 6.18. The Morgan fingerprint density at radius 2 is 2.13 bits per heavy atom. The van der Waals surface area contributed by atoms with Crippen LogP contribution in [0.15, 0.2) is 48.8 Å². The number of fused-ring (bicyclic) bond motifs is 1. The smallest absolute Gasteiger partial charge is 0.317 e. The van der Waals surface area contributed by atoms with E-state index in [1.54, 1.807) is 11.1 Å². The third-order valence-electron chi connectivity index (χ3n) is 6.18. The van der Waals surface area contributed by atoms with Crippen LogP contribution in [-0.2, 0) is 0 Å². The number of carbonyl (C=O) groups is 1. The van der Waals surface area contributed by atoms with Gasteiger partial charge in [0.25, 0.3) is 0 Å². The van der Waals surface area contributed by atoms with Crippen LogP contribution in [0.3, 0.4) is 0 Å². The number of aromatic nitrogens is 2. The molecule has 2 amide bonds. The highest BCUT2D eigenvalue weighted by molar-refractivity contribution is 5.97. The van der Waals surface area contributed by atoms with E-state index in [9.17, 15) is 9.90 Å². The largest absolute Gasteiger partial charge is 0.491 e. The molecule has 8 nitrogen and oxygen atoms in total. The van der Waals surface area contributed by atoms with E-state index in [1.807, 2.05) is 37.5 Å². The van der Waals surface area contributed by atoms with Crippen molar-refractivity contribution in [3.63, 3.8) is 0 Å². The molecular weight excluding hydrogens is 382 g/mol. The number of likely N-dealkylation sites (N-methyl/N-ethyl adjacent to an activating group) is 1. The predicted octanol–water partition coefficient (Wildman–Crippen LogP) is 1.68. The zero-order valence-electron chi connectivity index (χ0n) is 16.8. The van der Waals surface area contributed by atoms with Gasteiger partial charge in [0.05, 0.1) is 11.7 Å². The van der Waals surface area contributed by atoms with Crippen molar-refractivity contribution >= 4 is 16.8 Å². The molecule has 0 aliphatic carbocycles. The first-order chi connectivity index (χ1) is 14.5. The van der Waals surface area contributed by atoms with Gasteiger partial charge in [-0.05, 0) is 28.5 Å². The van der Waals surface area contributed by atoms with E-state index in [2.05, 4.69) is 32.5 Å². The van der Waals surface area contributed by atoms with Gasteiger partial charge in [-0.2, -0.15) is 5.10 Å². The van der Waals surface area contributed by atoms with Crippen molar-refractivity contribution in [2.75, 3.05) is 39.8 Å². The third kappa shape index (κ3) is 3.28. The van der Waals surface area contributed by atoms with E-state index >= 15 is 0 Å². The number of nitrogens with zero attached hydrogens (tertiary/aromatic N) is 3. The summed E-state index contributed by atoms with van der Waals surface area (Å²) in [7, 11) is 1.83. The fourth-order valence-electron chi connectivity index (χ4n) is 4.48. The summed E-state index contributed by atoms with van der Waals surface area (Å²) in [5.74, 6) is 0.717. The molecule has 3 heterocycles. The molecule has 0 saturated carbocycles. The molecule has 2 aliphatic rings. The molecule has 0 bridgehead atoms. The number of likely N-dealkylation sites (tertiary alicyclic amines) is 1. The minimum atomic E-state index is -0.610. The summed E-state index contributed by atoms with van der Waals surface area (Å²) in [6.45, 7) is 2.92. The summed E-state index contributed by atoms with van der Waals surface area (Å²) in [5.41, 5.74) is 1.90. The number of nitrogens with one attached hydrogen (secondary N) is 2. The number of ether oxygens (including phenoxy) is 1. The van der Waals surface area contributed by atoms with Gasteiger partial charge in [-0.15, -0.1) is 0 Å². The highest BCUT2D eigenvalue weighted by Gasteiger charge is 2.52. The quantitative estimate of drug-likeness (QED) is 0.578. The monoisotopic (exact) mass is 407 g/mol. The zero-order chi connectivity index (χ0) is 20.7. The Labute approximate surface area is 174 Å². The van der Waals surface area contributed by atoms with E-state index in [4.69, 9.17) is 4.74 Å². The Bertz CT molecular complexity index is 1060. The number of amides is 2. The molecule has 1 spiro atoms. The van der Waals surface area contributed by atoms with Gasteiger partial charge in [0, 0.05) is 45.0 Å². The lowest BCUT2D eigenvalue weighted by Crippen LogP contribution is -2.69. The molecule has 8 heteroatoms. The number of rotatable bonds is 6. The molecule has 2 saturated heterocycles. The topological polar surface area (TPSA) is 93.7 Å². The molecule has 2 fully saturated rings. The Morgan fingerprint density at radius 3 is 2.87 bits per heavy atom. The van der Waals surface area contributed by atoms with Gasteiger partial charge < -0.3 is 20.1 Å². The average molecular weight is 407 g/mol. The molecule has 5 rings (SSSR count). The second kappa shape index (κ2) is 7.30. The van der Waals surface area contributed by atoms with Crippen molar-refractivity contribution in [1.29, 1.82) is 0 Å². The Morgan fingerprint density at radius 1 is 1.30 bits per heavy atom. The first-order valence-electron chi connectivity index (χ1n) is 10.1. The van der Waals surface area contributed by atoms with Crippen LogP contribution in [0.25, 0.3) is 21.9 Å². The number of β-amino-alcohol motifs (C(OH)–C–C–N with tert-alkyl or cyclic N) is 1. The Kier molecular flexibility index (Phi) is 4.60. The molecule has 2 aromatic carbocycles. The molecule has 156 valence electrons. The number of urea groups is 1. The number of aliphatic hydroxyl groups excluding tert-OH is 1. The summed E-state index contributed by atoms with van der Waals surface area (Å²) >= 11 is 0. The molecule has 1 atom stereocenters. The van der Waals surface area contributed by atoms with E-state index in [1.165, 1.54) is 0 Å². The van der Waals surface area contributed by atoms with Crippen molar-refractivity contribution in [1.82, 2.24) is 25.3 Å². The van der Waals surface area contributed by atoms with Crippen molar-refractivity contribution in [3.05, 3.63) is 48.8 Å². The maximum absolute atomic E-state index is 11.7. The Hall–Kier alpha value is -3.10. The van der Waals surface area contributed by atoms with Crippen molar-refractivity contribution in [2.45, 2.75) is 11.6 Å². The molecule has 3 aromatic rings. The lowest BCUT2D eigenvalue weighted by Gasteiger charge is -2.51. The number of aliphatic hydroxyl groups is 1. The minimum Gasteiger partial charge on any atom is -0.491 e. The van der Waals surface area contributed by atoms with Crippen LogP contribution < -0.4 is 10.1 Å². The highest BCUT2D eigenvalue weighted by Crippen LogP contribution is 2.33. The van der Waals surface area contributed by atoms with Gasteiger partial charge in [-0.3, -0.25) is 10.00 Å². The van der Waals surface area contributed by atoms with E-state index in [0.717, 1.165) is 35.0 Å². The number of H-pyrrole nitrogens is 1. The number of aromatic amines is 1. The summed E-state index contributed by atoms with van der Waals surface area (Å²) in [6, 6.07) is 12.1. The number of hydrogen-bond donors (Lipinski definition) is 3. The normalized spacial score (nSPS) is 19.1. The van der Waals surface area contributed by atoms with E-state index < -0.39 is 6.10 Å². The molecule has 3 N–H and O–H groups in total. The maximum atomic E-state index is 11.7. The predicted molar refractivity (Wildman–Crippen MR) is 113 cm³/mol. The van der Waals surface area contributed by atoms with Crippen molar-refractivity contribution in [3.8, 4) is 16.9 Å². The van der Waals surface area contributed by atoms with Crippen molar-refractivity contribution < 1.29 is 14.6 Å². The Balaban J connectivity index is 1.23. The van der Waals surface area contributed by atoms with Gasteiger partial charge in [0.2, 0.25) is 0 Å². The highest BCUT2D eigenvalue weighted by atomic mass is 16.5. The molecule has 1 aromatic heterocycles. The zero-order valence-corrected chi connectivity index (χ0v) is 16.8. The van der Waals surface area contributed by atoms with E-state index in [0.29, 0.717) is 18.8 Å². The van der Waals surface area contributed by atoms with Crippen LogP contribution in [0.1, 0.15) is 0 Å². The van der Waals surface area contributed by atoms with Crippen LogP contribution in [0.5, 0.6) is 5.75 Å². The molecule has 0 radical (unpaired) electrons. The lowest BCUT2D eigenvalue weighted by molar-refractivity contribution is -0.0297. The number of benzene rings is 2. The molecule has 2 aliphatic heterocycles. The fraction of sp³-hybridized carbons (Fsp3) is 0.364. The SMILES string of the molecule is CN1C(=O)NCC12CN(CC(O)COc1cc(-c3cn[nH]c3)c3ccccc3c1)C2. The van der Waals surface area contributed by atoms with Crippen LogP contribution in [-0.4, -0.2) is 82.6 Å². The van der Waals surface area contributed by atoms with Crippen LogP contribution in [0.2, 0.25) is 0 Å². The van der Waals surface area contributed by atoms with Gasteiger partial charge in [-0.1, -0.05) is 24.3 Å². The van der Waals surface area contributed by atoms with Crippen LogP contribution >= 0.6 is 0 Å². The van der Waals surface area contributed by atoms with Crippen LogP contribution in [0, 0.1) is 0 Å². The van der Waals surface area contributed by atoms with Gasteiger partial charge >= 0.3 is 6.03 Å². The first-order valence-corrected chi connectivity index (χ1v) is 10.1. The van der Waals surface area contributed by atoms with Gasteiger partial charge in [0.15, 0.2) is 0 Å². The van der Waals surface area contributed by atoms with Crippen molar-refractivity contribution in [2.24, 2.45) is 0 Å². The number of hydrogen-bond acceptors (Lipinski definition) is 5. The fourth-order valence-corrected chi connectivity index (χ4v) is 4.48. The molecule has 1 unspecified atom stereocenters. The summed E-state index contributed by atoms with van der Waals surface area (Å²) in [5, 5.41) is 22.5. The summed E-state index contributed by atoms with van der Waals surface area (Å²) < 4.78 is 5.96. The lowest BCUT2D eigenvalue weighted by atomic mass is 9.89. The summed E-state index contributed by atoms with van der Waals surface area (Å²) in [4.78, 5) is 15.6. The minimum absolute atomic E-state index is 0.0248. The van der Waals surface area contributed by atoms with E-state index in [-0.39, 0.29) is 18.2 Å². The first kappa shape index (κ1) is 18.9. The second-order valence-electron chi connectivity index (χ2n) is 8.26. The standard InChI is InChI=1S/C22H25N5O3/c1-26-21(29)23-12-22(26)13-27(14-22)10-17(28)11-30-18-6-15-4-2-3-5-19(15)20(7-18)16-8-24-25-9-16/h2-9,17,28H,10-14H2,1H3,(H,23,29)(H,24,25). The average Bonchev–Trinajstić information content (AvgIpc) is 3.36. The number of carbonyl (C=O) groups excluding carboxylic acids is 1. The molecule has 30 heavy (non-hydrogen) atoms. The van der Waals surface area contributed by atoms with Crippen LogP contribution in [0.4, 0.5) is 4.79 Å². The maximum Gasteiger partial charge on any atom is 0.317 e. The van der Waals surface area contributed by atoms with Gasteiger partial charge in [0.1, 0.15) is 18.5 Å². The second-order valence-corrected chi connectivity index (χ2v) is 8.26. The van der Waals surface area contributed by atoms with Gasteiger partial charge in [-0.25, -0.2) is 4.79 Å². The molecular formula is C22H25N5O3. The summed E-state index contributed by atoms with van der Waals surface area (Å²) in [6.07, 6.45) is 3.04.